The zero-order valence-electron chi connectivity index (χ0n) is 16.3. The standard InChI is InChI=1S/C21H37NO/c1-15(2)14-23-20-12-11-17(13-18(20)21(5,6)7)9-8-10-19(22)16(3)4/h11-13,15-16,19H,8-10,14,22H2,1-7H3. The molecule has 1 atom stereocenters. The van der Waals surface area contributed by atoms with Crippen LogP contribution in [-0.4, -0.2) is 12.6 Å². The van der Waals surface area contributed by atoms with Crippen molar-refractivity contribution < 1.29 is 4.74 Å². The van der Waals surface area contributed by atoms with Crippen molar-refractivity contribution in [2.75, 3.05) is 6.61 Å². The minimum Gasteiger partial charge on any atom is -0.493 e. The zero-order chi connectivity index (χ0) is 17.6. The van der Waals surface area contributed by atoms with E-state index in [0.29, 0.717) is 17.9 Å². The van der Waals surface area contributed by atoms with Gasteiger partial charge in [0.05, 0.1) is 6.61 Å². The van der Waals surface area contributed by atoms with Crippen molar-refractivity contribution in [3.8, 4) is 5.75 Å². The lowest BCUT2D eigenvalue weighted by Gasteiger charge is -2.24. The second-order valence-electron chi connectivity index (χ2n) is 8.59. The van der Waals surface area contributed by atoms with Crippen LogP contribution in [0.25, 0.3) is 0 Å². The first-order chi connectivity index (χ1) is 10.6. The monoisotopic (exact) mass is 319 g/mol. The van der Waals surface area contributed by atoms with Crippen LogP contribution in [0.5, 0.6) is 5.75 Å². The fourth-order valence-electron chi connectivity index (χ4n) is 2.58. The summed E-state index contributed by atoms with van der Waals surface area (Å²) in [5.74, 6) is 2.14. The van der Waals surface area contributed by atoms with Gasteiger partial charge in [0.1, 0.15) is 5.75 Å². The molecule has 0 aromatic heterocycles. The van der Waals surface area contributed by atoms with Gasteiger partial charge in [-0.25, -0.2) is 0 Å². The predicted octanol–water partition coefficient (Wildman–Crippen LogP) is 5.32. The third kappa shape index (κ3) is 6.95. The second-order valence-corrected chi connectivity index (χ2v) is 8.59. The molecule has 0 aliphatic heterocycles. The molecule has 1 rings (SSSR count). The number of hydrogen-bond donors (Lipinski definition) is 1. The van der Waals surface area contributed by atoms with Crippen molar-refractivity contribution in [3.63, 3.8) is 0 Å². The molecule has 132 valence electrons. The maximum Gasteiger partial charge on any atom is 0.123 e. The molecule has 0 amide bonds. The molecule has 1 unspecified atom stereocenters. The molecule has 0 bridgehead atoms. The van der Waals surface area contributed by atoms with Crippen LogP contribution in [0.2, 0.25) is 0 Å². The molecule has 0 aliphatic rings. The summed E-state index contributed by atoms with van der Waals surface area (Å²) in [5.41, 5.74) is 8.95. The highest BCUT2D eigenvalue weighted by Gasteiger charge is 2.20. The minimum atomic E-state index is 0.0939. The fraction of sp³-hybridized carbons (Fsp3) is 0.714. The van der Waals surface area contributed by atoms with Crippen LogP contribution in [0.4, 0.5) is 0 Å². The maximum absolute atomic E-state index is 6.15. The van der Waals surface area contributed by atoms with Gasteiger partial charge in [-0.1, -0.05) is 60.6 Å². The molecule has 2 heteroatoms. The Hall–Kier alpha value is -1.02. The van der Waals surface area contributed by atoms with E-state index in [1.54, 1.807) is 0 Å². The van der Waals surface area contributed by atoms with Crippen molar-refractivity contribution >= 4 is 0 Å². The molecule has 0 aliphatic carbocycles. The molecule has 0 saturated carbocycles. The topological polar surface area (TPSA) is 35.2 Å². The molecular weight excluding hydrogens is 282 g/mol. The Morgan fingerprint density at radius 3 is 2.26 bits per heavy atom. The van der Waals surface area contributed by atoms with E-state index in [-0.39, 0.29) is 5.41 Å². The van der Waals surface area contributed by atoms with Gasteiger partial charge >= 0.3 is 0 Å². The summed E-state index contributed by atoms with van der Waals surface area (Å²) in [6, 6.07) is 7.01. The highest BCUT2D eigenvalue weighted by Crippen LogP contribution is 2.33. The first-order valence-corrected chi connectivity index (χ1v) is 9.13. The first kappa shape index (κ1) is 20.0. The molecular formula is C21H37NO. The van der Waals surface area contributed by atoms with Crippen molar-refractivity contribution in [1.29, 1.82) is 0 Å². The van der Waals surface area contributed by atoms with Crippen LogP contribution in [0.3, 0.4) is 0 Å². The average Bonchev–Trinajstić information content (AvgIpc) is 2.44. The number of rotatable bonds is 8. The largest absolute Gasteiger partial charge is 0.493 e. The predicted molar refractivity (Wildman–Crippen MR) is 101 cm³/mol. The molecule has 0 spiro atoms. The maximum atomic E-state index is 6.15. The van der Waals surface area contributed by atoms with E-state index in [4.69, 9.17) is 10.5 Å². The fourth-order valence-corrected chi connectivity index (χ4v) is 2.58. The van der Waals surface area contributed by atoms with E-state index in [9.17, 15) is 0 Å². The summed E-state index contributed by atoms with van der Waals surface area (Å²) < 4.78 is 6.03. The van der Waals surface area contributed by atoms with Gasteiger partial charge in [-0.15, -0.1) is 0 Å². The summed E-state index contributed by atoms with van der Waals surface area (Å²) in [6.45, 7) is 16.3. The van der Waals surface area contributed by atoms with Gasteiger partial charge in [-0.2, -0.15) is 0 Å². The molecule has 1 aromatic rings. The van der Waals surface area contributed by atoms with Crippen LogP contribution < -0.4 is 10.5 Å². The first-order valence-electron chi connectivity index (χ1n) is 9.13. The molecule has 2 nitrogen and oxygen atoms in total. The van der Waals surface area contributed by atoms with Gasteiger partial charge in [-0.3, -0.25) is 0 Å². The van der Waals surface area contributed by atoms with Crippen LogP contribution in [0, 0.1) is 11.8 Å². The van der Waals surface area contributed by atoms with Gasteiger partial charge in [0.2, 0.25) is 0 Å². The second kappa shape index (κ2) is 8.73. The Balaban J connectivity index is 2.79. The van der Waals surface area contributed by atoms with Crippen molar-refractivity contribution in [2.24, 2.45) is 17.6 Å². The van der Waals surface area contributed by atoms with Gasteiger partial charge < -0.3 is 10.5 Å². The molecule has 0 fully saturated rings. The van der Waals surface area contributed by atoms with Crippen LogP contribution in [-0.2, 0) is 11.8 Å². The van der Waals surface area contributed by atoms with Crippen molar-refractivity contribution in [3.05, 3.63) is 29.3 Å². The van der Waals surface area contributed by atoms with Crippen LogP contribution in [0.15, 0.2) is 18.2 Å². The van der Waals surface area contributed by atoms with E-state index < -0.39 is 0 Å². The molecule has 0 radical (unpaired) electrons. The third-order valence-corrected chi connectivity index (χ3v) is 4.28. The Morgan fingerprint density at radius 2 is 1.74 bits per heavy atom. The summed E-state index contributed by atoms with van der Waals surface area (Å²) in [6.07, 6.45) is 3.33. The SMILES string of the molecule is CC(C)COc1ccc(CCCC(N)C(C)C)cc1C(C)(C)C. The lowest BCUT2D eigenvalue weighted by atomic mass is 9.84. The number of nitrogens with two attached hydrogens (primary N) is 1. The van der Waals surface area contributed by atoms with Gasteiger partial charge in [-0.05, 0) is 53.7 Å². The highest BCUT2D eigenvalue weighted by molar-refractivity contribution is 5.41. The Bertz CT molecular complexity index is 471. The number of benzene rings is 1. The zero-order valence-corrected chi connectivity index (χ0v) is 16.3. The Labute approximate surface area is 143 Å². The molecule has 23 heavy (non-hydrogen) atoms. The number of aryl methyl sites for hydroxylation is 1. The van der Waals surface area contributed by atoms with Crippen LogP contribution >= 0.6 is 0 Å². The van der Waals surface area contributed by atoms with E-state index >= 15 is 0 Å². The Kier molecular flexibility index (Phi) is 7.60. The summed E-state index contributed by atoms with van der Waals surface area (Å²) in [4.78, 5) is 0. The van der Waals surface area contributed by atoms with Gasteiger partial charge in [0.25, 0.3) is 0 Å². The molecule has 0 heterocycles. The molecule has 1 aromatic carbocycles. The third-order valence-electron chi connectivity index (χ3n) is 4.28. The quantitative estimate of drug-likeness (QED) is 0.703. The summed E-state index contributed by atoms with van der Waals surface area (Å²) in [5, 5.41) is 0. The highest BCUT2D eigenvalue weighted by atomic mass is 16.5. The molecule has 2 N–H and O–H groups in total. The van der Waals surface area contributed by atoms with Gasteiger partial charge in [0.15, 0.2) is 0 Å². The Morgan fingerprint density at radius 1 is 1.09 bits per heavy atom. The minimum absolute atomic E-state index is 0.0939. The van der Waals surface area contributed by atoms with E-state index in [1.165, 1.54) is 11.1 Å². The molecule has 0 saturated heterocycles. The van der Waals surface area contributed by atoms with Crippen molar-refractivity contribution in [2.45, 2.75) is 79.2 Å². The van der Waals surface area contributed by atoms with E-state index in [1.807, 2.05) is 0 Å². The normalized spacial score (nSPS) is 13.7. The lowest BCUT2D eigenvalue weighted by molar-refractivity contribution is 0.265. The number of hydrogen-bond acceptors (Lipinski definition) is 2. The average molecular weight is 320 g/mol. The summed E-state index contributed by atoms with van der Waals surface area (Å²) >= 11 is 0. The number of ether oxygens (including phenoxy) is 1. The van der Waals surface area contributed by atoms with Gasteiger partial charge in [0, 0.05) is 6.04 Å². The van der Waals surface area contributed by atoms with E-state index in [2.05, 4.69) is 66.7 Å². The smallest absolute Gasteiger partial charge is 0.123 e. The van der Waals surface area contributed by atoms with Crippen molar-refractivity contribution in [1.82, 2.24) is 0 Å². The van der Waals surface area contributed by atoms with Crippen LogP contribution in [0.1, 0.15) is 72.4 Å². The van der Waals surface area contributed by atoms with E-state index in [0.717, 1.165) is 31.6 Å². The lowest BCUT2D eigenvalue weighted by Crippen LogP contribution is -2.26. The summed E-state index contributed by atoms with van der Waals surface area (Å²) in [7, 11) is 0.